The minimum Gasteiger partial charge on any atom is -0.399 e. The van der Waals surface area contributed by atoms with Crippen LogP contribution in [0.4, 0.5) is 18.9 Å². The van der Waals surface area contributed by atoms with Crippen LogP contribution in [0.2, 0.25) is 0 Å². The summed E-state index contributed by atoms with van der Waals surface area (Å²) in [6.45, 7) is 4.23. The van der Waals surface area contributed by atoms with E-state index in [0.717, 1.165) is 12.1 Å². The van der Waals surface area contributed by atoms with Crippen LogP contribution in [-0.2, 0) is 16.5 Å². The van der Waals surface area contributed by atoms with Crippen molar-refractivity contribution < 1.29 is 26.1 Å². The monoisotopic (exact) mass is 361 g/mol. The molecule has 0 saturated carbocycles. The molecule has 24 heavy (non-hydrogen) atoms. The first-order valence-electron chi connectivity index (χ1n) is 6.85. The molecule has 0 radical (unpaired) electrons. The highest BCUT2D eigenvalue weighted by Gasteiger charge is 2.44. The van der Waals surface area contributed by atoms with Crippen LogP contribution < -0.4 is 5.73 Å². The zero-order valence-electron chi connectivity index (χ0n) is 13.1. The molecule has 2 aromatic carbocycles. The number of alkyl halides is 3. The molecule has 0 bridgehead atoms. The van der Waals surface area contributed by atoms with Gasteiger partial charge in [0.2, 0.25) is 0 Å². The first-order chi connectivity index (χ1) is 10.9. The van der Waals surface area contributed by atoms with Crippen LogP contribution in [0.5, 0.6) is 0 Å². The van der Waals surface area contributed by atoms with Crippen molar-refractivity contribution in [1.29, 1.82) is 0 Å². The topological polar surface area (TPSA) is 80.4 Å². The molecule has 8 heteroatoms. The Morgan fingerprint density at radius 3 is 1.96 bits per heavy atom. The minimum absolute atomic E-state index is 0.884. The Labute approximate surface area is 138 Å². The fourth-order valence-corrected chi connectivity index (χ4v) is 1.90. The quantitative estimate of drug-likeness (QED) is 0.483. The molecule has 132 valence electrons. The van der Waals surface area contributed by atoms with Gasteiger partial charge >= 0.3 is 15.6 Å². The Kier molecular flexibility index (Phi) is 6.39. The average molecular weight is 361 g/mol. The molecule has 0 saturated heterocycles. The molecule has 0 fully saturated rings. The van der Waals surface area contributed by atoms with Gasteiger partial charge in [-0.15, -0.1) is 0 Å². The molecular formula is C16H18F3NO3S. The lowest BCUT2D eigenvalue weighted by molar-refractivity contribution is -0.0510. The van der Waals surface area contributed by atoms with E-state index in [0.29, 0.717) is 0 Å². The van der Waals surface area contributed by atoms with Crippen molar-refractivity contribution in [2.24, 2.45) is 0 Å². The molecule has 4 nitrogen and oxygen atoms in total. The summed E-state index contributed by atoms with van der Waals surface area (Å²) in [7, 11) is -5.84. The maximum atomic E-state index is 10.7. The van der Waals surface area contributed by atoms with Crippen molar-refractivity contribution in [3.8, 4) is 0 Å². The van der Waals surface area contributed by atoms with E-state index in [9.17, 15) is 13.2 Å². The van der Waals surface area contributed by atoms with Gasteiger partial charge < -0.3 is 5.73 Å². The summed E-state index contributed by atoms with van der Waals surface area (Å²) in [4.78, 5) is 0. The first kappa shape index (κ1) is 20.0. The Morgan fingerprint density at radius 2 is 1.50 bits per heavy atom. The molecule has 0 spiro atoms. The summed E-state index contributed by atoms with van der Waals surface area (Å²) in [5, 5.41) is 0. The third-order valence-electron chi connectivity index (χ3n) is 3.47. The molecule has 0 heterocycles. The lowest BCUT2D eigenvalue weighted by Crippen LogP contribution is -2.21. The zero-order valence-corrected chi connectivity index (χ0v) is 13.9. The Hall–Kier alpha value is -2.06. The van der Waals surface area contributed by atoms with Crippen molar-refractivity contribution in [3.63, 3.8) is 0 Å². The molecule has 0 aliphatic carbocycles. The van der Waals surface area contributed by atoms with Crippen molar-refractivity contribution in [3.05, 3.63) is 64.7 Å². The lowest BCUT2D eigenvalue weighted by atomic mass is 9.96. The van der Waals surface area contributed by atoms with Gasteiger partial charge in [-0.2, -0.15) is 21.6 Å². The van der Waals surface area contributed by atoms with Gasteiger partial charge in [0.1, 0.15) is 0 Å². The highest BCUT2D eigenvalue weighted by molar-refractivity contribution is 7.86. The number of benzene rings is 2. The van der Waals surface area contributed by atoms with Gasteiger partial charge in [-0.05, 0) is 48.6 Å². The van der Waals surface area contributed by atoms with Crippen LogP contribution in [0, 0.1) is 13.8 Å². The molecule has 0 amide bonds. The van der Waals surface area contributed by atoms with Crippen LogP contribution in [0.15, 0.2) is 42.5 Å². The molecular weight excluding hydrogens is 343 g/mol. The summed E-state index contributed by atoms with van der Waals surface area (Å²) in [5.41, 5.74) is 6.44. The molecule has 2 aromatic rings. The molecule has 0 atom stereocenters. The molecule has 2 rings (SSSR count). The predicted molar refractivity (Wildman–Crippen MR) is 87.2 cm³/mol. The van der Waals surface area contributed by atoms with Gasteiger partial charge in [-0.3, -0.25) is 4.55 Å². The van der Waals surface area contributed by atoms with E-state index in [-0.39, 0.29) is 0 Å². The van der Waals surface area contributed by atoms with Crippen molar-refractivity contribution in [2.75, 3.05) is 5.73 Å². The van der Waals surface area contributed by atoms with Gasteiger partial charge in [-0.1, -0.05) is 36.4 Å². The molecule has 0 aromatic heterocycles. The van der Waals surface area contributed by atoms with Crippen molar-refractivity contribution in [2.45, 2.75) is 25.8 Å². The Bertz CT molecular complexity index is 788. The summed E-state index contributed by atoms with van der Waals surface area (Å²) < 4.78 is 57.5. The summed E-state index contributed by atoms with van der Waals surface area (Å²) in [6.07, 6.45) is 0.980. The van der Waals surface area contributed by atoms with Gasteiger partial charge in [0.15, 0.2) is 0 Å². The summed E-state index contributed by atoms with van der Waals surface area (Å²) >= 11 is 0. The largest absolute Gasteiger partial charge is 0.522 e. The van der Waals surface area contributed by atoms with E-state index in [4.69, 9.17) is 18.7 Å². The number of hydrogen-bond donors (Lipinski definition) is 2. The fourth-order valence-electron chi connectivity index (χ4n) is 1.90. The van der Waals surface area contributed by atoms with E-state index < -0.39 is 15.6 Å². The van der Waals surface area contributed by atoms with Crippen LogP contribution >= 0.6 is 0 Å². The van der Waals surface area contributed by atoms with Gasteiger partial charge in [0.25, 0.3) is 0 Å². The van der Waals surface area contributed by atoms with Crippen LogP contribution in [0.1, 0.15) is 22.3 Å². The Balaban J connectivity index is 0.000000307. The number of nitrogen functional groups attached to an aromatic ring is 1. The van der Waals surface area contributed by atoms with Crippen LogP contribution in [0.25, 0.3) is 0 Å². The van der Waals surface area contributed by atoms with Crippen molar-refractivity contribution in [1.82, 2.24) is 0 Å². The van der Waals surface area contributed by atoms with Crippen LogP contribution in [0.3, 0.4) is 0 Å². The third kappa shape index (κ3) is 5.54. The second-order valence-electron chi connectivity index (χ2n) is 5.15. The molecule has 0 aliphatic heterocycles. The van der Waals surface area contributed by atoms with E-state index in [1.165, 1.54) is 22.3 Å². The van der Waals surface area contributed by atoms with Gasteiger partial charge in [0.05, 0.1) is 0 Å². The number of hydrogen-bond acceptors (Lipinski definition) is 3. The maximum Gasteiger partial charge on any atom is 0.522 e. The van der Waals surface area contributed by atoms with E-state index in [1.54, 1.807) is 0 Å². The maximum absolute atomic E-state index is 10.7. The molecule has 0 aliphatic rings. The number of anilines is 1. The minimum atomic E-state index is -5.84. The fraction of sp³-hybridized carbons (Fsp3) is 0.250. The summed E-state index contributed by atoms with van der Waals surface area (Å²) in [5.74, 6) is 0. The van der Waals surface area contributed by atoms with Crippen molar-refractivity contribution >= 4 is 15.8 Å². The lowest BCUT2D eigenvalue weighted by Gasteiger charge is -2.11. The summed E-state index contributed by atoms with van der Waals surface area (Å²) in [6, 6.07) is 14.6. The number of halogens is 3. The SMILES string of the molecule is Cc1c(N)ccc(Cc2ccccc2)c1C.O=S(=O)(O)C(F)(F)F. The van der Waals surface area contributed by atoms with E-state index >= 15 is 0 Å². The first-order valence-corrected chi connectivity index (χ1v) is 8.29. The zero-order chi connectivity index (χ0) is 18.5. The average Bonchev–Trinajstić information content (AvgIpc) is 2.48. The predicted octanol–water partition coefficient (Wildman–Crippen LogP) is 3.87. The van der Waals surface area contributed by atoms with Gasteiger partial charge in [0, 0.05) is 5.69 Å². The molecule has 3 N–H and O–H groups in total. The Morgan fingerprint density at radius 1 is 1.00 bits per heavy atom. The van der Waals surface area contributed by atoms with Crippen LogP contribution in [-0.4, -0.2) is 18.5 Å². The molecule has 0 unspecified atom stereocenters. The van der Waals surface area contributed by atoms with E-state index in [1.807, 2.05) is 12.1 Å². The second-order valence-corrected chi connectivity index (χ2v) is 6.56. The number of rotatable bonds is 2. The van der Waals surface area contributed by atoms with E-state index in [2.05, 4.69) is 44.2 Å². The third-order valence-corrected chi connectivity index (χ3v) is 4.06. The normalized spacial score (nSPS) is 11.6. The van der Waals surface area contributed by atoms with Gasteiger partial charge in [-0.25, -0.2) is 0 Å². The second kappa shape index (κ2) is 7.67. The highest BCUT2D eigenvalue weighted by Crippen LogP contribution is 2.22. The smallest absolute Gasteiger partial charge is 0.399 e. The standard InChI is InChI=1S/C15H17N.CHF3O3S/c1-11-12(2)15(16)9-8-14(11)10-13-6-4-3-5-7-13;2-1(3,4)8(5,6)7/h3-9H,10,16H2,1-2H3;(H,5,6,7). The number of nitrogens with two attached hydrogens (primary N) is 1. The highest BCUT2D eigenvalue weighted by atomic mass is 32.2.